The number of carbonyl (C=O) groups excluding carboxylic acids is 1. The number of nitrogens with zero attached hydrogens (tertiary/aromatic N) is 3. The number of hydrazone groups is 1. The molecule has 0 spiro atoms. The second kappa shape index (κ2) is 7.69. The van der Waals surface area contributed by atoms with E-state index in [1.165, 1.54) is 11.3 Å². The number of carbonyl (C=O) groups is 1. The zero-order valence-electron chi connectivity index (χ0n) is 15.3. The van der Waals surface area contributed by atoms with Crippen LogP contribution in [0.25, 0.3) is 15.9 Å². The van der Waals surface area contributed by atoms with E-state index in [1.54, 1.807) is 6.21 Å². The first-order valence-electron chi connectivity index (χ1n) is 8.66. The van der Waals surface area contributed by atoms with Crippen LogP contribution >= 0.6 is 27.3 Å². The second-order valence-corrected chi connectivity index (χ2v) is 8.30. The van der Waals surface area contributed by atoms with Crippen LogP contribution in [-0.4, -0.2) is 21.7 Å². The number of fused-ring (bicyclic) bond motifs is 1. The molecule has 0 aliphatic rings. The molecule has 1 amide bonds. The first-order valence-corrected chi connectivity index (χ1v) is 10.3. The van der Waals surface area contributed by atoms with E-state index < -0.39 is 0 Å². The van der Waals surface area contributed by atoms with Crippen LogP contribution in [0.1, 0.15) is 26.5 Å². The number of thiophene rings is 1. The maximum atomic E-state index is 12.9. The Morgan fingerprint density at radius 2 is 1.93 bits per heavy atom. The van der Waals surface area contributed by atoms with Crippen molar-refractivity contribution in [2.45, 2.75) is 13.8 Å². The highest BCUT2D eigenvalue weighted by atomic mass is 79.9. The predicted molar refractivity (Wildman–Crippen MR) is 118 cm³/mol. The third-order valence-corrected chi connectivity index (χ3v) is 5.88. The van der Waals surface area contributed by atoms with Crippen molar-refractivity contribution in [2.24, 2.45) is 5.10 Å². The number of halogens is 1. The highest BCUT2D eigenvalue weighted by molar-refractivity contribution is 9.10. The molecule has 0 unspecified atom stereocenters. The van der Waals surface area contributed by atoms with E-state index >= 15 is 0 Å². The Kier molecular flexibility index (Phi) is 5.11. The molecule has 4 aromatic rings. The summed E-state index contributed by atoms with van der Waals surface area (Å²) in [4.78, 5) is 19.0. The van der Waals surface area contributed by atoms with Gasteiger partial charge in [0.15, 0.2) is 0 Å². The van der Waals surface area contributed by atoms with Gasteiger partial charge in [-0.15, -0.1) is 11.3 Å². The van der Waals surface area contributed by atoms with Crippen molar-refractivity contribution in [3.8, 4) is 5.69 Å². The number of aromatic nitrogens is 2. The molecular formula is C21H17BrN4OS. The van der Waals surface area contributed by atoms with E-state index in [2.05, 4.69) is 31.4 Å². The van der Waals surface area contributed by atoms with Crippen molar-refractivity contribution < 1.29 is 4.79 Å². The standard InChI is InChI=1S/C21H17BrN4OS/c1-13-11-14(2)24-21-17(13)18(26-9-3-4-10-26)19(28-21)20(27)25-23-12-15-5-7-16(22)8-6-15/h3-12H,1-2H3,(H,25,27)/b23-12+. The molecule has 4 rings (SSSR count). The minimum absolute atomic E-state index is 0.253. The van der Waals surface area contributed by atoms with Gasteiger partial charge in [-0.3, -0.25) is 4.79 Å². The Labute approximate surface area is 174 Å². The van der Waals surface area contributed by atoms with E-state index in [0.29, 0.717) is 4.88 Å². The third-order valence-electron chi connectivity index (χ3n) is 4.28. The van der Waals surface area contributed by atoms with Crippen LogP contribution in [-0.2, 0) is 0 Å². The third kappa shape index (κ3) is 3.63. The Balaban J connectivity index is 1.71. The van der Waals surface area contributed by atoms with Gasteiger partial charge in [0, 0.05) is 27.9 Å². The van der Waals surface area contributed by atoms with Crippen molar-refractivity contribution in [1.29, 1.82) is 0 Å². The first-order chi connectivity index (χ1) is 13.5. The van der Waals surface area contributed by atoms with Gasteiger partial charge in [0.2, 0.25) is 0 Å². The average Bonchev–Trinajstić information content (AvgIpc) is 3.30. The van der Waals surface area contributed by atoms with Gasteiger partial charge in [-0.05, 0) is 55.3 Å². The normalized spacial score (nSPS) is 11.4. The van der Waals surface area contributed by atoms with Crippen LogP contribution in [0.3, 0.4) is 0 Å². The molecule has 0 aliphatic heterocycles. The van der Waals surface area contributed by atoms with Gasteiger partial charge in [0.25, 0.3) is 5.91 Å². The van der Waals surface area contributed by atoms with Gasteiger partial charge in [0.05, 0.1) is 11.9 Å². The van der Waals surface area contributed by atoms with Gasteiger partial charge in [-0.25, -0.2) is 10.4 Å². The number of benzene rings is 1. The summed E-state index contributed by atoms with van der Waals surface area (Å²) in [6.45, 7) is 4.01. The summed E-state index contributed by atoms with van der Waals surface area (Å²) in [6.07, 6.45) is 5.49. The molecule has 0 atom stereocenters. The lowest BCUT2D eigenvalue weighted by Crippen LogP contribution is -2.18. The van der Waals surface area contributed by atoms with E-state index in [9.17, 15) is 4.79 Å². The van der Waals surface area contributed by atoms with Crippen molar-refractivity contribution in [2.75, 3.05) is 0 Å². The summed E-state index contributed by atoms with van der Waals surface area (Å²) < 4.78 is 2.95. The summed E-state index contributed by atoms with van der Waals surface area (Å²) in [5, 5.41) is 5.11. The molecule has 0 radical (unpaired) electrons. The number of aryl methyl sites for hydroxylation is 2. The molecule has 140 valence electrons. The van der Waals surface area contributed by atoms with Crippen molar-refractivity contribution in [3.63, 3.8) is 0 Å². The minimum Gasteiger partial charge on any atom is -0.322 e. The van der Waals surface area contributed by atoms with E-state index in [4.69, 9.17) is 0 Å². The molecule has 0 saturated carbocycles. The highest BCUT2D eigenvalue weighted by Gasteiger charge is 2.21. The summed E-state index contributed by atoms with van der Waals surface area (Å²) in [6, 6.07) is 13.6. The SMILES string of the molecule is Cc1cc(C)c2c(-n3cccc3)c(C(=O)N/N=C/c3ccc(Br)cc3)sc2n1. The van der Waals surface area contributed by atoms with Gasteiger partial charge < -0.3 is 4.57 Å². The second-order valence-electron chi connectivity index (χ2n) is 6.38. The van der Waals surface area contributed by atoms with Crippen molar-refractivity contribution in [3.05, 3.63) is 81.0 Å². The van der Waals surface area contributed by atoms with Crippen LogP contribution < -0.4 is 5.43 Å². The molecule has 0 bridgehead atoms. The molecule has 0 saturated heterocycles. The monoisotopic (exact) mass is 452 g/mol. The van der Waals surface area contributed by atoms with Crippen LogP contribution in [0.15, 0.2) is 64.4 Å². The lowest BCUT2D eigenvalue weighted by Gasteiger charge is -2.07. The molecular weight excluding hydrogens is 436 g/mol. The fourth-order valence-electron chi connectivity index (χ4n) is 3.07. The maximum Gasteiger partial charge on any atom is 0.283 e. The van der Waals surface area contributed by atoms with Crippen LogP contribution in [0, 0.1) is 13.8 Å². The predicted octanol–water partition coefficient (Wildman–Crippen LogP) is 5.23. The van der Waals surface area contributed by atoms with Gasteiger partial charge in [-0.1, -0.05) is 28.1 Å². The zero-order chi connectivity index (χ0) is 19.7. The molecule has 0 aliphatic carbocycles. The molecule has 1 N–H and O–H groups in total. The van der Waals surface area contributed by atoms with Crippen LogP contribution in [0.5, 0.6) is 0 Å². The molecule has 3 heterocycles. The fourth-order valence-corrected chi connectivity index (χ4v) is 4.52. The Morgan fingerprint density at radius 1 is 1.21 bits per heavy atom. The smallest absolute Gasteiger partial charge is 0.283 e. The first kappa shape index (κ1) is 18.6. The minimum atomic E-state index is -0.253. The molecule has 1 aromatic carbocycles. The number of amides is 1. The molecule has 7 heteroatoms. The van der Waals surface area contributed by atoms with Gasteiger partial charge in [-0.2, -0.15) is 5.10 Å². The van der Waals surface area contributed by atoms with Crippen LogP contribution in [0.4, 0.5) is 0 Å². The maximum absolute atomic E-state index is 12.9. The van der Waals surface area contributed by atoms with Crippen molar-refractivity contribution in [1.82, 2.24) is 15.0 Å². The van der Waals surface area contributed by atoms with Gasteiger partial charge in [0.1, 0.15) is 9.71 Å². The zero-order valence-corrected chi connectivity index (χ0v) is 17.7. The summed E-state index contributed by atoms with van der Waals surface area (Å²) in [5.41, 5.74) is 6.42. The Hall–Kier alpha value is -2.77. The summed E-state index contributed by atoms with van der Waals surface area (Å²) >= 11 is 4.78. The van der Waals surface area contributed by atoms with E-state index in [0.717, 1.165) is 37.2 Å². The summed E-state index contributed by atoms with van der Waals surface area (Å²) in [5.74, 6) is -0.253. The van der Waals surface area contributed by atoms with E-state index in [-0.39, 0.29) is 5.91 Å². The number of hydrogen-bond donors (Lipinski definition) is 1. The molecule has 0 fully saturated rings. The van der Waals surface area contributed by atoms with Gasteiger partial charge >= 0.3 is 0 Å². The fraction of sp³-hybridized carbons (Fsp3) is 0.0952. The Bertz CT molecular complexity index is 1180. The van der Waals surface area contributed by atoms with Crippen molar-refractivity contribution >= 4 is 49.6 Å². The van der Waals surface area contributed by atoms with Crippen LogP contribution in [0.2, 0.25) is 0 Å². The number of rotatable bonds is 4. The Morgan fingerprint density at radius 3 is 2.64 bits per heavy atom. The lowest BCUT2D eigenvalue weighted by atomic mass is 10.1. The average molecular weight is 453 g/mol. The topological polar surface area (TPSA) is 59.3 Å². The lowest BCUT2D eigenvalue weighted by molar-refractivity contribution is 0.0959. The molecule has 3 aromatic heterocycles. The summed E-state index contributed by atoms with van der Waals surface area (Å²) in [7, 11) is 0. The van der Waals surface area contributed by atoms with E-state index in [1.807, 2.05) is 73.3 Å². The molecule has 5 nitrogen and oxygen atoms in total. The number of pyridine rings is 1. The number of nitrogens with one attached hydrogen (secondary N) is 1. The molecule has 28 heavy (non-hydrogen) atoms. The quantitative estimate of drug-likeness (QED) is 0.340. The number of hydrogen-bond acceptors (Lipinski definition) is 4. The largest absolute Gasteiger partial charge is 0.322 e. The highest BCUT2D eigenvalue weighted by Crippen LogP contribution is 2.35.